The molecule has 1 aliphatic rings. The van der Waals surface area contributed by atoms with Gasteiger partial charge in [0.1, 0.15) is 0 Å². The molecule has 1 unspecified atom stereocenters. The van der Waals surface area contributed by atoms with E-state index < -0.39 is 0 Å². The van der Waals surface area contributed by atoms with Crippen molar-refractivity contribution in [3.8, 4) is 0 Å². The van der Waals surface area contributed by atoms with Crippen molar-refractivity contribution >= 4 is 29.0 Å². The molecule has 0 saturated carbocycles. The van der Waals surface area contributed by atoms with E-state index in [9.17, 15) is 4.79 Å². The van der Waals surface area contributed by atoms with Gasteiger partial charge in [-0.2, -0.15) is 0 Å². The number of benzene rings is 2. The Hall–Kier alpha value is -1.39. The summed E-state index contributed by atoms with van der Waals surface area (Å²) in [5, 5.41) is 4.52. The third-order valence-electron chi connectivity index (χ3n) is 4.50. The number of nitrogens with zero attached hydrogens (tertiary/aromatic N) is 1. The summed E-state index contributed by atoms with van der Waals surface area (Å²) < 4.78 is 0. The summed E-state index contributed by atoms with van der Waals surface area (Å²) in [5.74, 6) is 0.147. The molecule has 132 valence electrons. The fraction of sp³-hybridized carbons (Fsp3) is 0.350. The van der Waals surface area contributed by atoms with Crippen LogP contribution >= 0.6 is 23.2 Å². The Bertz CT molecular complexity index is 776. The van der Waals surface area contributed by atoms with Gasteiger partial charge in [-0.05, 0) is 49.3 Å². The molecule has 1 N–H and O–H groups in total. The molecule has 3 nitrogen and oxygen atoms in total. The maximum Gasteiger partial charge on any atom is 0.158 e. The lowest BCUT2D eigenvalue weighted by Crippen LogP contribution is -2.47. The normalized spacial score (nSPS) is 19.7. The molecule has 0 spiro atoms. The number of nitrogens with one attached hydrogen (secondary N) is 1. The van der Waals surface area contributed by atoms with E-state index >= 15 is 0 Å². The summed E-state index contributed by atoms with van der Waals surface area (Å²) in [4.78, 5) is 15.2. The molecule has 0 amide bonds. The second kappa shape index (κ2) is 7.88. The summed E-state index contributed by atoms with van der Waals surface area (Å²) in [7, 11) is 4.10. The van der Waals surface area contributed by atoms with Crippen molar-refractivity contribution in [3.63, 3.8) is 0 Å². The maximum atomic E-state index is 13.0. The number of ketones is 1. The van der Waals surface area contributed by atoms with Crippen LogP contribution in [0.15, 0.2) is 42.5 Å². The lowest BCUT2D eigenvalue weighted by atomic mass is 9.86. The molecule has 5 heteroatoms. The molecular weight excluding hydrogens is 355 g/mol. The number of likely N-dealkylation sites (N-methyl/N-ethyl adjacent to an activating group) is 1. The van der Waals surface area contributed by atoms with Gasteiger partial charge in [0.25, 0.3) is 0 Å². The van der Waals surface area contributed by atoms with Gasteiger partial charge in [-0.3, -0.25) is 10.1 Å². The van der Waals surface area contributed by atoms with E-state index in [0.717, 1.165) is 24.1 Å². The second-order valence-corrected chi connectivity index (χ2v) is 7.67. The summed E-state index contributed by atoms with van der Waals surface area (Å²) >= 11 is 12.0. The number of hydrogen-bond acceptors (Lipinski definition) is 3. The van der Waals surface area contributed by atoms with Gasteiger partial charge in [-0.25, -0.2) is 0 Å². The first-order valence-electron chi connectivity index (χ1n) is 8.39. The number of fused-ring (bicyclic) bond motifs is 1. The summed E-state index contributed by atoms with van der Waals surface area (Å²) in [6.45, 7) is 0.894. The van der Waals surface area contributed by atoms with Gasteiger partial charge >= 0.3 is 0 Å². The van der Waals surface area contributed by atoms with Crippen molar-refractivity contribution in [2.45, 2.75) is 24.9 Å². The van der Waals surface area contributed by atoms with Gasteiger partial charge in [0.05, 0.1) is 16.1 Å². The van der Waals surface area contributed by atoms with Gasteiger partial charge in [0.2, 0.25) is 0 Å². The van der Waals surface area contributed by atoms with E-state index in [1.54, 1.807) is 12.1 Å². The monoisotopic (exact) mass is 376 g/mol. The van der Waals surface area contributed by atoms with Gasteiger partial charge in [0, 0.05) is 19.0 Å². The lowest BCUT2D eigenvalue weighted by molar-refractivity contribution is -0.121. The van der Waals surface area contributed by atoms with E-state index in [4.69, 9.17) is 23.2 Å². The van der Waals surface area contributed by atoms with Crippen LogP contribution in [0.4, 0.5) is 0 Å². The molecule has 0 fully saturated rings. The number of rotatable bonds is 5. The zero-order valence-corrected chi connectivity index (χ0v) is 15.9. The minimum absolute atomic E-state index is 0.147. The molecule has 1 aliphatic heterocycles. The Labute approximate surface area is 158 Å². The highest BCUT2D eigenvalue weighted by molar-refractivity contribution is 6.42. The SMILES string of the molecule is CN(C)CC1Cc2ccccc2[C@H](C(=O)Cc2ccc(Cl)c(Cl)c2)N1. The van der Waals surface area contributed by atoms with Crippen molar-refractivity contribution in [2.75, 3.05) is 20.6 Å². The van der Waals surface area contributed by atoms with Crippen molar-refractivity contribution in [2.24, 2.45) is 0 Å². The van der Waals surface area contributed by atoms with Crippen molar-refractivity contribution in [3.05, 3.63) is 69.2 Å². The molecule has 2 atom stereocenters. The molecule has 3 rings (SSSR count). The molecule has 0 aliphatic carbocycles. The molecule has 0 saturated heterocycles. The molecule has 1 heterocycles. The quantitative estimate of drug-likeness (QED) is 0.857. The van der Waals surface area contributed by atoms with Crippen molar-refractivity contribution < 1.29 is 4.79 Å². The summed E-state index contributed by atoms with van der Waals surface area (Å²) in [5.41, 5.74) is 3.22. The number of hydrogen-bond donors (Lipinski definition) is 1. The van der Waals surface area contributed by atoms with Crippen LogP contribution in [0.25, 0.3) is 0 Å². The molecular formula is C20H22Cl2N2O. The fourth-order valence-electron chi connectivity index (χ4n) is 3.43. The smallest absolute Gasteiger partial charge is 0.158 e. The van der Waals surface area contributed by atoms with Crippen LogP contribution in [0.1, 0.15) is 22.7 Å². The van der Waals surface area contributed by atoms with Crippen LogP contribution in [0, 0.1) is 0 Å². The topological polar surface area (TPSA) is 32.3 Å². The number of Topliss-reactive ketones (excluding diaryl/α,β-unsaturated/α-hetero) is 1. The van der Waals surface area contributed by atoms with Gasteiger partial charge < -0.3 is 4.90 Å². The van der Waals surface area contributed by atoms with Gasteiger partial charge in [-0.1, -0.05) is 53.5 Å². The van der Waals surface area contributed by atoms with E-state index in [1.165, 1.54) is 5.56 Å². The first kappa shape index (κ1) is 18.4. The third-order valence-corrected chi connectivity index (χ3v) is 5.24. The highest BCUT2D eigenvalue weighted by Gasteiger charge is 2.30. The Morgan fingerprint density at radius 3 is 2.64 bits per heavy atom. The van der Waals surface area contributed by atoms with E-state index in [0.29, 0.717) is 16.5 Å². The highest BCUT2D eigenvalue weighted by atomic mass is 35.5. The Kier molecular flexibility index (Phi) is 5.80. The van der Waals surface area contributed by atoms with E-state index in [-0.39, 0.29) is 17.9 Å². The number of halogens is 2. The van der Waals surface area contributed by atoms with Gasteiger partial charge in [-0.15, -0.1) is 0 Å². The summed E-state index contributed by atoms with van der Waals surface area (Å²) in [6.07, 6.45) is 1.27. The average molecular weight is 377 g/mol. The van der Waals surface area contributed by atoms with Gasteiger partial charge in [0.15, 0.2) is 5.78 Å². The standard InChI is InChI=1S/C20H22Cl2N2O/c1-24(2)12-15-11-14-5-3-4-6-16(14)20(23-15)19(25)10-13-7-8-17(21)18(22)9-13/h3-9,15,20,23H,10-12H2,1-2H3/t15?,20-/m1/s1. The Balaban J connectivity index is 1.83. The van der Waals surface area contributed by atoms with E-state index in [2.05, 4.69) is 30.4 Å². The van der Waals surface area contributed by atoms with Crippen LogP contribution in [-0.2, 0) is 17.6 Å². The van der Waals surface area contributed by atoms with Crippen LogP contribution in [0.3, 0.4) is 0 Å². The molecule has 25 heavy (non-hydrogen) atoms. The first-order chi connectivity index (χ1) is 11.9. The second-order valence-electron chi connectivity index (χ2n) is 6.85. The van der Waals surface area contributed by atoms with E-state index in [1.807, 2.05) is 24.3 Å². The maximum absolute atomic E-state index is 13.0. The first-order valence-corrected chi connectivity index (χ1v) is 9.15. The summed E-state index contributed by atoms with van der Waals surface area (Å²) in [6, 6.07) is 13.5. The zero-order chi connectivity index (χ0) is 18.0. The minimum Gasteiger partial charge on any atom is -0.308 e. The highest BCUT2D eigenvalue weighted by Crippen LogP contribution is 2.28. The largest absolute Gasteiger partial charge is 0.308 e. The molecule has 0 radical (unpaired) electrons. The average Bonchev–Trinajstić information content (AvgIpc) is 2.57. The molecule has 2 aromatic carbocycles. The zero-order valence-electron chi connectivity index (χ0n) is 14.4. The van der Waals surface area contributed by atoms with Crippen molar-refractivity contribution in [1.82, 2.24) is 10.2 Å². The Morgan fingerprint density at radius 2 is 1.92 bits per heavy atom. The minimum atomic E-state index is -0.288. The van der Waals surface area contributed by atoms with Crippen LogP contribution in [0.2, 0.25) is 10.0 Å². The lowest BCUT2D eigenvalue weighted by Gasteiger charge is -2.34. The number of carbonyl (C=O) groups is 1. The van der Waals surface area contributed by atoms with Crippen molar-refractivity contribution in [1.29, 1.82) is 0 Å². The van der Waals surface area contributed by atoms with Crippen LogP contribution in [-0.4, -0.2) is 37.4 Å². The predicted molar refractivity (Wildman–Crippen MR) is 104 cm³/mol. The van der Waals surface area contributed by atoms with Crippen LogP contribution in [0.5, 0.6) is 0 Å². The molecule has 2 aromatic rings. The third kappa shape index (κ3) is 4.42. The Morgan fingerprint density at radius 1 is 1.16 bits per heavy atom. The predicted octanol–water partition coefficient (Wildman–Crippen LogP) is 3.92. The number of carbonyl (C=O) groups excluding carboxylic acids is 1. The molecule has 0 aromatic heterocycles. The fourth-order valence-corrected chi connectivity index (χ4v) is 3.75. The molecule has 0 bridgehead atoms. The van der Waals surface area contributed by atoms with Crippen LogP contribution < -0.4 is 5.32 Å².